The Balaban J connectivity index is 1.49. The molecule has 0 bridgehead atoms. The highest BCUT2D eigenvalue weighted by molar-refractivity contribution is 7.98. The zero-order chi connectivity index (χ0) is 38.3. The van der Waals surface area contributed by atoms with Gasteiger partial charge in [-0.2, -0.15) is 10.5 Å². The third kappa shape index (κ3) is 11.4. The number of esters is 2. The van der Waals surface area contributed by atoms with Gasteiger partial charge in [-0.25, -0.2) is 9.97 Å². The molecule has 15 nitrogen and oxygen atoms in total. The van der Waals surface area contributed by atoms with Crippen LogP contribution in [0.5, 0.6) is 5.75 Å². The molecule has 53 heavy (non-hydrogen) atoms. The fourth-order valence-corrected chi connectivity index (χ4v) is 5.90. The van der Waals surface area contributed by atoms with Crippen LogP contribution in [-0.4, -0.2) is 66.4 Å². The minimum atomic E-state index is -1.02. The van der Waals surface area contributed by atoms with Crippen molar-refractivity contribution in [3.05, 3.63) is 76.6 Å². The summed E-state index contributed by atoms with van der Waals surface area (Å²) in [5.41, 5.74) is 31.4. The number of thioether (sulfide) groups is 1. The molecule has 2 heterocycles. The van der Waals surface area contributed by atoms with E-state index in [4.69, 9.17) is 58.9 Å². The van der Waals surface area contributed by atoms with Crippen molar-refractivity contribution >= 4 is 41.1 Å². The van der Waals surface area contributed by atoms with E-state index >= 15 is 0 Å². The number of nitrogens with zero attached hydrogens (tertiary/aromatic N) is 4. The van der Waals surface area contributed by atoms with E-state index < -0.39 is 30.1 Å². The maximum Gasteiger partial charge on any atom is 0.323 e. The zero-order valence-electron chi connectivity index (χ0n) is 28.7. The molecule has 0 aliphatic heterocycles. The van der Waals surface area contributed by atoms with Crippen LogP contribution in [0.1, 0.15) is 42.5 Å². The van der Waals surface area contributed by atoms with E-state index in [0.29, 0.717) is 83.0 Å². The van der Waals surface area contributed by atoms with Gasteiger partial charge in [0.15, 0.2) is 6.10 Å². The molecule has 0 amide bonds. The predicted octanol–water partition coefficient (Wildman–Crippen LogP) is 3.64. The highest BCUT2D eigenvalue weighted by Gasteiger charge is 2.25. The van der Waals surface area contributed by atoms with Crippen molar-refractivity contribution < 1.29 is 28.2 Å². The lowest BCUT2D eigenvalue weighted by Gasteiger charge is -2.21. The number of pyridine rings is 1. The number of oxazole rings is 1. The average molecular weight is 762 g/mol. The van der Waals surface area contributed by atoms with E-state index in [1.165, 1.54) is 18.0 Å². The average Bonchev–Trinajstić information content (AvgIpc) is 3.65. The minimum Gasteiger partial charge on any atom is -0.490 e. The lowest BCUT2D eigenvalue weighted by molar-refractivity contribution is -0.162. The number of aromatic nitrogens is 2. The number of nitrogens with two attached hydrogens (primary N) is 5. The molecule has 10 N–H and O–H groups in total. The molecule has 0 aliphatic rings. The van der Waals surface area contributed by atoms with Crippen LogP contribution < -0.4 is 33.4 Å². The highest BCUT2D eigenvalue weighted by Crippen LogP contribution is 2.37. The number of carbonyl (C=O) groups is 2. The SMILES string of the molecule is N#Cc1c(N)nc(SCc2coc(-c3ccc(Cl)cc3)n2)c(C#N)c1-c1ccc(OC[C@@H](COC(=O)[C@@H](N)CCCN)OC(=O)C(N)CCCN)cc1. The zero-order valence-corrected chi connectivity index (χ0v) is 30.3. The van der Waals surface area contributed by atoms with Crippen LogP contribution in [0.2, 0.25) is 5.02 Å². The molecule has 3 atom stereocenters. The Morgan fingerprint density at radius 3 is 2.11 bits per heavy atom. The highest BCUT2D eigenvalue weighted by atomic mass is 35.5. The first kappa shape index (κ1) is 40.6. The summed E-state index contributed by atoms with van der Waals surface area (Å²) >= 11 is 7.20. The van der Waals surface area contributed by atoms with E-state index in [1.807, 2.05) is 0 Å². The lowest BCUT2D eigenvalue weighted by atomic mass is 9.97. The van der Waals surface area contributed by atoms with E-state index in [0.717, 1.165) is 5.56 Å². The van der Waals surface area contributed by atoms with Crippen molar-refractivity contribution in [2.45, 2.75) is 54.6 Å². The van der Waals surface area contributed by atoms with Gasteiger partial charge in [-0.1, -0.05) is 35.5 Å². The number of hydrogen-bond donors (Lipinski definition) is 5. The van der Waals surface area contributed by atoms with E-state index in [2.05, 4.69) is 22.1 Å². The number of rotatable bonds is 19. The van der Waals surface area contributed by atoms with E-state index in [-0.39, 0.29) is 30.2 Å². The second-order valence-electron chi connectivity index (χ2n) is 11.7. The molecule has 4 aromatic rings. The van der Waals surface area contributed by atoms with Crippen LogP contribution in [0.3, 0.4) is 0 Å². The Morgan fingerprint density at radius 2 is 1.49 bits per heavy atom. The number of hydrogen-bond acceptors (Lipinski definition) is 16. The molecular weight excluding hydrogens is 722 g/mol. The first-order valence-electron chi connectivity index (χ1n) is 16.6. The molecule has 0 spiro atoms. The van der Waals surface area contributed by atoms with Gasteiger partial charge in [0, 0.05) is 21.9 Å². The molecule has 2 aromatic heterocycles. The molecule has 17 heteroatoms. The van der Waals surface area contributed by atoms with Gasteiger partial charge in [-0.05, 0) is 80.7 Å². The molecule has 1 unspecified atom stereocenters. The molecule has 0 aliphatic carbocycles. The summed E-state index contributed by atoms with van der Waals surface area (Å²) < 4.78 is 22.4. The second-order valence-corrected chi connectivity index (χ2v) is 13.1. The normalized spacial score (nSPS) is 12.6. The lowest BCUT2D eigenvalue weighted by Crippen LogP contribution is -2.40. The van der Waals surface area contributed by atoms with Crippen molar-refractivity contribution in [3.63, 3.8) is 0 Å². The van der Waals surface area contributed by atoms with Crippen LogP contribution in [0.4, 0.5) is 5.82 Å². The van der Waals surface area contributed by atoms with Gasteiger partial charge in [-0.15, -0.1) is 0 Å². The Morgan fingerprint density at radius 1 is 0.868 bits per heavy atom. The Labute approximate surface area is 315 Å². The fourth-order valence-electron chi connectivity index (χ4n) is 4.90. The summed E-state index contributed by atoms with van der Waals surface area (Å²) in [7, 11) is 0. The Hall–Kier alpha value is -5.20. The maximum atomic E-state index is 12.7. The first-order valence-corrected chi connectivity index (χ1v) is 17.9. The summed E-state index contributed by atoms with van der Waals surface area (Å²) in [5, 5.41) is 21.1. The maximum absolute atomic E-state index is 12.7. The molecule has 2 aromatic carbocycles. The Kier molecular flexibility index (Phi) is 15.4. The van der Waals surface area contributed by atoms with Crippen molar-refractivity contribution in [2.24, 2.45) is 22.9 Å². The number of benzene rings is 2. The van der Waals surface area contributed by atoms with Crippen molar-refractivity contribution in [1.82, 2.24) is 9.97 Å². The standard InChI is InChI=1S/C36H40ClN9O6S/c37-23-9-5-22(6-10-23)33-45-24(17-50-33)20-53-34-28(16-41)31(27(15-40)32(44)46-34)21-7-11-25(12-8-21)49-18-26(52-36(48)30(43)4-2-14-39)19-51-35(47)29(42)3-1-13-38/h5-12,17,26,29-30H,1-4,13-14,18-20,38-39,42-43H2,(H2,44,46)/t26-,29-,30?/m0/s1. The topological polar surface area (TPSA) is 278 Å². The summed E-state index contributed by atoms with van der Waals surface area (Å²) in [6, 6.07) is 16.0. The van der Waals surface area contributed by atoms with Gasteiger partial charge in [0.25, 0.3) is 0 Å². The molecule has 0 fully saturated rings. The summed E-state index contributed by atoms with van der Waals surface area (Å²) in [4.78, 5) is 33.9. The van der Waals surface area contributed by atoms with E-state index in [1.54, 1.807) is 48.5 Å². The second kappa shape index (κ2) is 20.1. The van der Waals surface area contributed by atoms with Gasteiger partial charge in [0.05, 0.1) is 11.3 Å². The fraction of sp³-hybridized carbons (Fsp3) is 0.333. The quantitative estimate of drug-likeness (QED) is 0.0673. The monoisotopic (exact) mass is 761 g/mol. The summed E-state index contributed by atoms with van der Waals surface area (Å²) in [5.74, 6) is -0.353. The summed E-state index contributed by atoms with van der Waals surface area (Å²) in [6.45, 7) is 0.204. The third-order valence-corrected chi connectivity index (χ3v) is 8.99. The first-order chi connectivity index (χ1) is 25.6. The molecule has 0 saturated heterocycles. The van der Waals surface area contributed by atoms with Gasteiger partial charge in [0.2, 0.25) is 5.89 Å². The third-order valence-electron chi connectivity index (χ3n) is 7.73. The number of ether oxygens (including phenoxy) is 3. The van der Waals surface area contributed by atoms with Crippen LogP contribution in [0.25, 0.3) is 22.6 Å². The Bertz CT molecular complexity index is 1930. The van der Waals surface area contributed by atoms with E-state index in [9.17, 15) is 20.1 Å². The van der Waals surface area contributed by atoms with Crippen LogP contribution in [-0.2, 0) is 24.8 Å². The minimum absolute atomic E-state index is 0.0375. The van der Waals surface area contributed by atoms with Gasteiger partial charge >= 0.3 is 11.9 Å². The molecule has 0 saturated carbocycles. The summed E-state index contributed by atoms with van der Waals surface area (Å²) in [6.07, 6.45) is 2.21. The molecule has 0 radical (unpaired) electrons. The van der Waals surface area contributed by atoms with Crippen molar-refractivity contribution in [1.29, 1.82) is 10.5 Å². The van der Waals surface area contributed by atoms with Gasteiger partial charge < -0.3 is 47.3 Å². The van der Waals surface area contributed by atoms with Gasteiger partial charge in [0.1, 0.15) is 65.9 Å². The molecular formula is C36H40ClN9O6S. The number of halogens is 1. The van der Waals surface area contributed by atoms with Crippen molar-refractivity contribution in [2.75, 3.05) is 32.0 Å². The number of nitriles is 2. The van der Waals surface area contributed by atoms with Crippen LogP contribution in [0.15, 0.2) is 64.2 Å². The largest absolute Gasteiger partial charge is 0.490 e. The van der Waals surface area contributed by atoms with Crippen LogP contribution in [0, 0.1) is 22.7 Å². The van der Waals surface area contributed by atoms with Gasteiger partial charge in [-0.3, -0.25) is 9.59 Å². The number of nitrogen functional groups attached to an aromatic ring is 1. The van der Waals surface area contributed by atoms with Crippen LogP contribution >= 0.6 is 23.4 Å². The number of anilines is 1. The molecule has 278 valence electrons. The van der Waals surface area contributed by atoms with Crippen molar-refractivity contribution in [3.8, 4) is 40.5 Å². The number of carbonyl (C=O) groups excluding carboxylic acids is 2. The smallest absolute Gasteiger partial charge is 0.323 e. The molecule has 4 rings (SSSR count). The predicted molar refractivity (Wildman–Crippen MR) is 199 cm³/mol.